The zero-order valence-electron chi connectivity index (χ0n) is 10.2. The van der Waals surface area contributed by atoms with Gasteiger partial charge in [0.15, 0.2) is 0 Å². The van der Waals surface area contributed by atoms with Gasteiger partial charge in [-0.25, -0.2) is 13.2 Å². The molecule has 0 aliphatic rings. The highest BCUT2D eigenvalue weighted by Crippen LogP contribution is 2.59. The van der Waals surface area contributed by atoms with Crippen molar-refractivity contribution < 1.29 is 52.7 Å². The molecule has 0 aliphatic carbocycles. The molecule has 0 radical (unpaired) electrons. The number of halogens is 12. The van der Waals surface area contributed by atoms with Gasteiger partial charge in [-0.1, -0.05) is 0 Å². The summed E-state index contributed by atoms with van der Waals surface area (Å²) in [5.41, 5.74) is -6.55. The van der Waals surface area contributed by atoms with Crippen LogP contribution < -0.4 is 0 Å². The molecule has 0 aromatic rings. The van der Waals surface area contributed by atoms with Crippen LogP contribution in [-0.2, 0) is 0 Å². The Bertz CT molecular complexity index is 370. The van der Waals surface area contributed by atoms with E-state index in [-0.39, 0.29) is 0 Å². The predicted molar refractivity (Wildman–Crippen MR) is 45.6 cm³/mol. The molecule has 1 unspecified atom stereocenters. The third kappa shape index (κ3) is 3.33. The van der Waals surface area contributed by atoms with E-state index in [0.29, 0.717) is 0 Å². The zero-order valence-corrected chi connectivity index (χ0v) is 10.2. The van der Waals surface area contributed by atoms with E-state index >= 15 is 0 Å². The summed E-state index contributed by atoms with van der Waals surface area (Å²) < 4.78 is 152. The van der Waals surface area contributed by atoms with Crippen molar-refractivity contribution in [2.45, 2.75) is 55.8 Å². The lowest BCUT2D eigenvalue weighted by atomic mass is 9.84. The summed E-state index contributed by atoms with van der Waals surface area (Å²) in [6, 6.07) is 0. The topological polar surface area (TPSA) is 0 Å². The van der Waals surface area contributed by atoms with E-state index in [1.165, 1.54) is 0 Å². The fraction of sp³-hybridized carbons (Fsp3) is 1.00. The van der Waals surface area contributed by atoms with E-state index in [4.69, 9.17) is 0 Å². The van der Waals surface area contributed by atoms with E-state index in [1.807, 2.05) is 0 Å². The Kier molecular flexibility index (Phi) is 4.64. The van der Waals surface area contributed by atoms with Gasteiger partial charge in [-0.15, -0.1) is 0 Å². The molecule has 0 rings (SSSR count). The van der Waals surface area contributed by atoms with Gasteiger partial charge < -0.3 is 0 Å². The van der Waals surface area contributed by atoms with Crippen LogP contribution in [-0.4, -0.2) is 35.5 Å². The SMILES string of the molecule is CC(F)(F)CC(F)(C(F)(F)F)C(F)(F)C(F)(F)C(C)(F)F. The van der Waals surface area contributed by atoms with Crippen LogP contribution in [0, 0.1) is 0 Å². The van der Waals surface area contributed by atoms with Crippen molar-refractivity contribution in [1.29, 1.82) is 0 Å². The van der Waals surface area contributed by atoms with Gasteiger partial charge in [-0.2, -0.15) is 39.5 Å². The highest BCUT2D eigenvalue weighted by molar-refractivity contribution is 5.11. The first kappa shape index (κ1) is 20.2. The van der Waals surface area contributed by atoms with Gasteiger partial charge in [-0.05, 0) is 6.92 Å². The van der Waals surface area contributed by atoms with Gasteiger partial charge in [0.25, 0.3) is 5.67 Å². The largest absolute Gasteiger partial charge is 0.429 e. The summed E-state index contributed by atoms with van der Waals surface area (Å²) in [4.78, 5) is 0. The molecule has 0 heterocycles. The fourth-order valence-corrected chi connectivity index (χ4v) is 1.34. The van der Waals surface area contributed by atoms with E-state index in [2.05, 4.69) is 0 Å². The van der Waals surface area contributed by atoms with Gasteiger partial charge in [0.1, 0.15) is 0 Å². The zero-order chi connectivity index (χ0) is 17.7. The van der Waals surface area contributed by atoms with Crippen molar-refractivity contribution in [3.8, 4) is 0 Å². The smallest absolute Gasteiger partial charge is 0.226 e. The number of alkyl halides is 12. The third-order valence-electron chi connectivity index (χ3n) is 2.45. The average Bonchev–Trinajstić information content (AvgIpc) is 2.10. The Balaban J connectivity index is 6.20. The molecule has 0 spiro atoms. The van der Waals surface area contributed by atoms with Gasteiger partial charge >= 0.3 is 23.9 Å². The molecule has 0 N–H and O–H groups in total. The molecule has 1 atom stereocenters. The first-order valence-corrected chi connectivity index (χ1v) is 4.97. The van der Waals surface area contributed by atoms with E-state index in [1.54, 1.807) is 0 Å². The lowest BCUT2D eigenvalue weighted by molar-refractivity contribution is -0.393. The van der Waals surface area contributed by atoms with Crippen LogP contribution in [0.15, 0.2) is 0 Å². The van der Waals surface area contributed by atoms with Crippen LogP contribution in [0.3, 0.4) is 0 Å². The Labute approximate surface area is 110 Å². The molecule has 0 saturated carbocycles. The summed E-state index contributed by atoms with van der Waals surface area (Å²) in [7, 11) is 0. The van der Waals surface area contributed by atoms with Crippen molar-refractivity contribution in [3.05, 3.63) is 0 Å². The summed E-state index contributed by atoms with van der Waals surface area (Å²) in [5.74, 6) is -24.6. The van der Waals surface area contributed by atoms with E-state index in [0.717, 1.165) is 0 Å². The summed E-state index contributed by atoms with van der Waals surface area (Å²) in [6.07, 6.45) is -10.4. The van der Waals surface area contributed by atoms with Crippen LogP contribution in [0.4, 0.5) is 52.7 Å². The number of hydrogen-bond acceptors (Lipinski definition) is 0. The number of rotatable bonds is 5. The molecule has 0 fully saturated rings. The molecule has 0 saturated heterocycles. The minimum atomic E-state index is -7.13. The van der Waals surface area contributed by atoms with Crippen LogP contribution in [0.2, 0.25) is 0 Å². The summed E-state index contributed by atoms with van der Waals surface area (Å²) >= 11 is 0. The second kappa shape index (κ2) is 4.83. The highest BCUT2D eigenvalue weighted by Gasteiger charge is 2.85. The van der Waals surface area contributed by atoms with Crippen LogP contribution in [0.5, 0.6) is 0 Å². The van der Waals surface area contributed by atoms with Crippen LogP contribution >= 0.6 is 0 Å². The molecule has 0 aromatic carbocycles. The van der Waals surface area contributed by atoms with E-state index in [9.17, 15) is 52.7 Å². The molecule has 12 heteroatoms. The third-order valence-corrected chi connectivity index (χ3v) is 2.45. The van der Waals surface area contributed by atoms with Crippen molar-refractivity contribution in [3.63, 3.8) is 0 Å². The van der Waals surface area contributed by atoms with Crippen molar-refractivity contribution in [2.75, 3.05) is 0 Å². The Morgan fingerprint density at radius 1 is 0.571 bits per heavy atom. The minimum Gasteiger partial charge on any atom is -0.226 e. The van der Waals surface area contributed by atoms with Crippen molar-refractivity contribution in [1.82, 2.24) is 0 Å². The molecule has 0 aromatic heterocycles. The summed E-state index contributed by atoms with van der Waals surface area (Å²) in [5, 5.41) is 0. The Hall–Kier alpha value is -0.840. The second-order valence-electron chi connectivity index (χ2n) is 4.58. The minimum absolute atomic E-state index is 0.453. The van der Waals surface area contributed by atoms with Gasteiger partial charge in [0.2, 0.25) is 5.92 Å². The Morgan fingerprint density at radius 2 is 0.905 bits per heavy atom. The summed E-state index contributed by atoms with van der Waals surface area (Å²) in [6.45, 7) is -1.34. The number of hydrogen-bond donors (Lipinski definition) is 0. The van der Waals surface area contributed by atoms with Gasteiger partial charge in [0, 0.05) is 6.92 Å². The quantitative estimate of drug-likeness (QED) is 0.599. The van der Waals surface area contributed by atoms with Crippen molar-refractivity contribution in [2.24, 2.45) is 0 Å². The molecular formula is C9H8F12. The molecular weight excluding hydrogens is 336 g/mol. The predicted octanol–water partition coefficient (Wildman–Crippen LogP) is 5.23. The molecule has 0 amide bonds. The molecule has 0 bridgehead atoms. The lowest BCUT2D eigenvalue weighted by Gasteiger charge is -2.41. The monoisotopic (exact) mass is 344 g/mol. The standard InChI is InChI=1S/C9H8F12/c1-4(10,11)3-6(14,9(19,20)21)8(17,18)7(15,16)5(2,12)13/h3H2,1-2H3. The molecule has 21 heavy (non-hydrogen) atoms. The van der Waals surface area contributed by atoms with Gasteiger partial charge in [0.05, 0.1) is 6.42 Å². The van der Waals surface area contributed by atoms with Crippen LogP contribution in [0.25, 0.3) is 0 Å². The fourth-order valence-electron chi connectivity index (χ4n) is 1.34. The molecule has 0 aliphatic heterocycles. The maximum atomic E-state index is 13.4. The van der Waals surface area contributed by atoms with Gasteiger partial charge in [-0.3, -0.25) is 0 Å². The Morgan fingerprint density at radius 3 is 1.10 bits per heavy atom. The molecule has 0 nitrogen and oxygen atoms in total. The maximum absolute atomic E-state index is 13.4. The van der Waals surface area contributed by atoms with Crippen LogP contribution in [0.1, 0.15) is 20.3 Å². The average molecular weight is 344 g/mol. The first-order valence-electron chi connectivity index (χ1n) is 4.97. The second-order valence-corrected chi connectivity index (χ2v) is 4.58. The maximum Gasteiger partial charge on any atom is 0.429 e. The normalized spacial score (nSPS) is 18.6. The highest BCUT2D eigenvalue weighted by atomic mass is 19.4. The van der Waals surface area contributed by atoms with E-state index < -0.39 is 55.8 Å². The van der Waals surface area contributed by atoms with Crippen molar-refractivity contribution >= 4 is 0 Å². The molecule has 128 valence electrons. The lowest BCUT2D eigenvalue weighted by Crippen LogP contribution is -2.68. The first-order chi connectivity index (χ1) is 8.71.